The van der Waals surface area contributed by atoms with Crippen molar-refractivity contribution in [3.63, 3.8) is 0 Å². The smallest absolute Gasteiger partial charge is 0.264 e. The van der Waals surface area contributed by atoms with Crippen molar-refractivity contribution in [1.82, 2.24) is 4.57 Å². The number of rotatable bonds is 2. The van der Waals surface area contributed by atoms with Gasteiger partial charge in [-0.2, -0.15) is 0 Å². The Morgan fingerprint density at radius 3 is 2.95 bits per heavy atom. The third kappa shape index (κ3) is 3.25. The molecule has 1 aliphatic rings. The van der Waals surface area contributed by atoms with Crippen molar-refractivity contribution >= 4 is 27.5 Å². The number of amides is 1. The second kappa shape index (κ2) is 5.88. The van der Waals surface area contributed by atoms with Gasteiger partial charge in [-0.1, -0.05) is 0 Å². The van der Waals surface area contributed by atoms with E-state index in [-0.39, 0.29) is 23.5 Å². The summed E-state index contributed by atoms with van der Waals surface area (Å²) >= 11 is 3.19. The van der Waals surface area contributed by atoms with E-state index in [1.165, 1.54) is 4.57 Å². The van der Waals surface area contributed by atoms with Crippen LogP contribution in [-0.4, -0.2) is 23.2 Å². The lowest BCUT2D eigenvalue weighted by Crippen LogP contribution is -2.36. The highest BCUT2D eigenvalue weighted by atomic mass is 79.9. The molecule has 0 saturated carbocycles. The van der Waals surface area contributed by atoms with Crippen molar-refractivity contribution in [1.29, 1.82) is 0 Å². The van der Waals surface area contributed by atoms with Crippen LogP contribution in [0.15, 0.2) is 21.5 Å². The van der Waals surface area contributed by atoms with Crippen LogP contribution in [0.1, 0.15) is 19.8 Å². The Morgan fingerprint density at radius 2 is 2.32 bits per heavy atom. The first-order valence-corrected chi connectivity index (χ1v) is 7.07. The molecule has 0 aromatic carbocycles. The Labute approximate surface area is 120 Å². The maximum Gasteiger partial charge on any atom is 0.264 e. The molecule has 2 atom stereocenters. The summed E-state index contributed by atoms with van der Waals surface area (Å²) in [5, 5.41) is 2.84. The van der Waals surface area contributed by atoms with Crippen LogP contribution in [0.3, 0.4) is 0 Å². The van der Waals surface area contributed by atoms with Crippen LogP contribution in [0, 0.1) is 5.92 Å². The molecule has 104 valence electrons. The molecule has 1 N–H and O–H groups in total. The maximum absolute atomic E-state index is 12.2. The monoisotopic (exact) mass is 328 g/mol. The Kier molecular flexibility index (Phi) is 4.42. The number of carbonyl (C=O) groups excluding carboxylic acids is 1. The Bertz CT molecular complexity index is 515. The van der Waals surface area contributed by atoms with Crippen molar-refractivity contribution in [2.45, 2.75) is 25.9 Å². The summed E-state index contributed by atoms with van der Waals surface area (Å²) in [5.41, 5.74) is 0.476. The van der Waals surface area contributed by atoms with Gasteiger partial charge >= 0.3 is 0 Å². The quantitative estimate of drug-likeness (QED) is 0.902. The van der Waals surface area contributed by atoms with Gasteiger partial charge in [-0.25, -0.2) is 0 Å². The summed E-state index contributed by atoms with van der Waals surface area (Å²) in [7, 11) is 1.65. The predicted octanol–water partition coefficient (Wildman–Crippen LogP) is 1.90. The second-order valence-electron chi connectivity index (χ2n) is 4.81. The highest BCUT2D eigenvalue weighted by Crippen LogP contribution is 2.22. The van der Waals surface area contributed by atoms with Gasteiger partial charge in [0.2, 0.25) is 5.91 Å². The fraction of sp³-hybridized carbons (Fsp3) is 0.538. The van der Waals surface area contributed by atoms with Crippen LogP contribution < -0.4 is 10.9 Å². The molecule has 19 heavy (non-hydrogen) atoms. The van der Waals surface area contributed by atoms with E-state index in [1.807, 2.05) is 6.92 Å². The number of ether oxygens (including phenoxy) is 1. The molecule has 1 saturated heterocycles. The van der Waals surface area contributed by atoms with E-state index in [9.17, 15) is 9.59 Å². The molecule has 2 unspecified atom stereocenters. The van der Waals surface area contributed by atoms with Crippen molar-refractivity contribution < 1.29 is 9.53 Å². The van der Waals surface area contributed by atoms with Crippen LogP contribution >= 0.6 is 15.9 Å². The normalized spacial score (nSPS) is 23.1. The topological polar surface area (TPSA) is 60.3 Å². The molecule has 5 nitrogen and oxygen atoms in total. The molecule has 0 spiro atoms. The maximum atomic E-state index is 12.2. The van der Waals surface area contributed by atoms with Gasteiger partial charge in [0.25, 0.3) is 5.56 Å². The third-order valence-corrected chi connectivity index (χ3v) is 3.92. The molecule has 0 aliphatic carbocycles. The molecule has 0 bridgehead atoms. The van der Waals surface area contributed by atoms with Gasteiger partial charge in [-0.3, -0.25) is 9.59 Å². The average Bonchev–Trinajstić information content (AvgIpc) is 2.36. The van der Waals surface area contributed by atoms with Gasteiger partial charge < -0.3 is 14.6 Å². The Morgan fingerprint density at radius 1 is 1.58 bits per heavy atom. The number of hydrogen-bond donors (Lipinski definition) is 1. The van der Waals surface area contributed by atoms with Gasteiger partial charge in [0.05, 0.1) is 22.2 Å². The zero-order valence-corrected chi connectivity index (χ0v) is 12.6. The van der Waals surface area contributed by atoms with E-state index < -0.39 is 0 Å². The first-order chi connectivity index (χ1) is 8.99. The van der Waals surface area contributed by atoms with E-state index in [1.54, 1.807) is 19.3 Å². The van der Waals surface area contributed by atoms with Gasteiger partial charge in [0, 0.05) is 19.9 Å². The van der Waals surface area contributed by atoms with E-state index in [0.29, 0.717) is 10.2 Å². The van der Waals surface area contributed by atoms with E-state index in [2.05, 4.69) is 21.2 Å². The number of carbonyl (C=O) groups is 1. The molecule has 1 fully saturated rings. The van der Waals surface area contributed by atoms with Gasteiger partial charge in [0.15, 0.2) is 0 Å². The van der Waals surface area contributed by atoms with Crippen LogP contribution in [0.4, 0.5) is 5.69 Å². The number of nitrogens with zero attached hydrogens (tertiary/aromatic N) is 1. The molecule has 1 amide bonds. The van der Waals surface area contributed by atoms with E-state index in [0.717, 1.165) is 19.4 Å². The number of nitrogens with one attached hydrogen (secondary N) is 1. The van der Waals surface area contributed by atoms with Crippen LogP contribution in [0.5, 0.6) is 0 Å². The lowest BCUT2D eigenvalue weighted by molar-refractivity contribution is -0.127. The average molecular weight is 329 g/mol. The van der Waals surface area contributed by atoms with Crippen molar-refractivity contribution in [3.05, 3.63) is 27.1 Å². The van der Waals surface area contributed by atoms with E-state index >= 15 is 0 Å². The fourth-order valence-corrected chi connectivity index (χ4v) is 2.77. The molecule has 2 rings (SSSR count). The first-order valence-electron chi connectivity index (χ1n) is 6.27. The third-order valence-electron chi connectivity index (χ3n) is 3.35. The minimum Gasteiger partial charge on any atom is -0.378 e. The Balaban J connectivity index is 2.12. The SMILES string of the molecule is CC1OCCCC1C(=O)Nc1cc(Br)c(=O)n(C)c1. The predicted molar refractivity (Wildman–Crippen MR) is 76.2 cm³/mol. The second-order valence-corrected chi connectivity index (χ2v) is 5.66. The molecule has 6 heteroatoms. The summed E-state index contributed by atoms with van der Waals surface area (Å²) in [6.07, 6.45) is 3.28. The Hall–Kier alpha value is -1.14. The highest BCUT2D eigenvalue weighted by Gasteiger charge is 2.28. The van der Waals surface area contributed by atoms with Gasteiger partial charge in [-0.05, 0) is 41.8 Å². The lowest BCUT2D eigenvalue weighted by atomic mass is 9.94. The standard InChI is InChI=1S/C13H17BrN2O3/c1-8-10(4-3-5-19-8)12(17)15-9-6-11(14)13(18)16(2)7-9/h6-8,10H,3-5H2,1-2H3,(H,15,17). The van der Waals surface area contributed by atoms with Crippen LogP contribution in [-0.2, 0) is 16.6 Å². The van der Waals surface area contributed by atoms with Crippen LogP contribution in [0.25, 0.3) is 0 Å². The number of aromatic nitrogens is 1. The zero-order valence-electron chi connectivity index (χ0n) is 11.0. The number of halogens is 1. The fourth-order valence-electron chi connectivity index (χ4n) is 2.24. The summed E-state index contributed by atoms with van der Waals surface area (Å²) in [4.78, 5) is 23.7. The summed E-state index contributed by atoms with van der Waals surface area (Å²) in [5.74, 6) is -0.192. The minimum atomic E-state index is -0.134. The number of anilines is 1. The molecule has 1 aromatic heterocycles. The molecule has 1 aliphatic heterocycles. The van der Waals surface area contributed by atoms with Crippen molar-refractivity contribution in [3.8, 4) is 0 Å². The van der Waals surface area contributed by atoms with E-state index in [4.69, 9.17) is 4.74 Å². The minimum absolute atomic E-state index is 0.0576. The van der Waals surface area contributed by atoms with Crippen LogP contribution in [0.2, 0.25) is 0 Å². The molecular formula is C13H17BrN2O3. The first kappa shape index (κ1) is 14.3. The number of hydrogen-bond acceptors (Lipinski definition) is 3. The van der Waals surface area contributed by atoms with Crippen molar-refractivity contribution in [2.75, 3.05) is 11.9 Å². The molecule has 0 radical (unpaired) electrons. The van der Waals surface area contributed by atoms with Crippen molar-refractivity contribution in [2.24, 2.45) is 13.0 Å². The highest BCUT2D eigenvalue weighted by molar-refractivity contribution is 9.10. The largest absolute Gasteiger partial charge is 0.378 e. The zero-order chi connectivity index (χ0) is 14.0. The molecule has 2 heterocycles. The molecule has 1 aromatic rings. The summed E-state index contributed by atoms with van der Waals surface area (Å²) < 4.78 is 7.35. The molecular weight excluding hydrogens is 312 g/mol. The lowest BCUT2D eigenvalue weighted by Gasteiger charge is -2.28. The van der Waals surface area contributed by atoms with Gasteiger partial charge in [-0.15, -0.1) is 0 Å². The summed E-state index contributed by atoms with van der Waals surface area (Å²) in [6.45, 7) is 2.64. The van der Waals surface area contributed by atoms with Gasteiger partial charge in [0.1, 0.15) is 0 Å². The number of aryl methyl sites for hydroxylation is 1. The number of pyridine rings is 1. The summed E-state index contributed by atoms with van der Waals surface area (Å²) in [6, 6.07) is 1.62.